The zero-order valence-electron chi connectivity index (χ0n) is 4.43. The first-order chi connectivity index (χ1) is 2.27. The molecule has 0 aliphatic rings. The lowest BCUT2D eigenvalue weighted by atomic mass is 11.0. The largest absolute Gasteiger partial charge is 0.412 e. The second kappa shape index (κ2) is 9.04. The molecule has 0 atom stereocenters. The van der Waals surface area contributed by atoms with Gasteiger partial charge >= 0.3 is 0 Å². The third kappa shape index (κ3) is 32.1. The summed E-state index contributed by atoms with van der Waals surface area (Å²) in [5.74, 6) is 0. The summed E-state index contributed by atoms with van der Waals surface area (Å²) < 4.78 is 0. The average Bonchev–Trinajstić information content (AvgIpc) is 1.38. The first-order valence-electron chi connectivity index (χ1n) is 1.39. The molecule has 4 N–H and O–H groups in total. The van der Waals surface area contributed by atoms with Gasteiger partial charge in [0.25, 0.3) is 0 Å². The number of carbonyl (C=O) groups is 1. The van der Waals surface area contributed by atoms with E-state index in [0.717, 1.165) is 6.41 Å². The van der Waals surface area contributed by atoms with E-state index in [-0.39, 0.29) is 11.0 Å². The fourth-order valence-corrected chi connectivity index (χ4v) is 0. The van der Waals surface area contributed by atoms with Crippen LogP contribution in [0.2, 0.25) is 0 Å². The minimum Gasteiger partial charge on any atom is -0.412 e. The molecule has 0 bridgehead atoms. The zero-order chi connectivity index (χ0) is 4.28. The van der Waals surface area contributed by atoms with Crippen LogP contribution in [0.1, 0.15) is 0 Å². The third-order valence-electron chi connectivity index (χ3n) is 0.211. The number of carbonyl (C=O) groups excluding carboxylic acids is 1. The molecule has 1 amide bonds. The van der Waals surface area contributed by atoms with E-state index in [0.29, 0.717) is 0 Å². The SMILES string of the molecule is CN(C)C=O.O.O. The van der Waals surface area contributed by atoms with Crippen molar-refractivity contribution in [2.45, 2.75) is 0 Å². The molecule has 0 aromatic carbocycles. The third-order valence-corrected chi connectivity index (χ3v) is 0.211. The van der Waals surface area contributed by atoms with Gasteiger partial charge in [0, 0.05) is 14.1 Å². The van der Waals surface area contributed by atoms with E-state index in [2.05, 4.69) is 0 Å². The standard InChI is InChI=1S/C3H7NO.2H2O/c1-4(2)3-5;;/h3H,1-2H3;2*1H2. The Hall–Kier alpha value is -0.610. The van der Waals surface area contributed by atoms with Crippen LogP contribution in [-0.4, -0.2) is 36.4 Å². The second-order valence-electron chi connectivity index (χ2n) is 1.07. The average molecular weight is 109 g/mol. The van der Waals surface area contributed by atoms with Gasteiger partial charge < -0.3 is 15.9 Å². The molecule has 4 heteroatoms. The van der Waals surface area contributed by atoms with E-state index in [1.165, 1.54) is 4.90 Å². The van der Waals surface area contributed by atoms with Crippen molar-refractivity contribution in [1.82, 2.24) is 4.90 Å². The summed E-state index contributed by atoms with van der Waals surface area (Å²) in [6.07, 6.45) is 0.750. The summed E-state index contributed by atoms with van der Waals surface area (Å²) in [5.41, 5.74) is 0. The quantitative estimate of drug-likeness (QED) is 0.360. The number of rotatable bonds is 1. The van der Waals surface area contributed by atoms with Crippen molar-refractivity contribution in [2.24, 2.45) is 0 Å². The van der Waals surface area contributed by atoms with Crippen molar-refractivity contribution < 1.29 is 15.7 Å². The van der Waals surface area contributed by atoms with Gasteiger partial charge in [-0.05, 0) is 0 Å². The van der Waals surface area contributed by atoms with E-state index in [4.69, 9.17) is 0 Å². The Morgan fingerprint density at radius 2 is 1.43 bits per heavy atom. The molecule has 0 aliphatic carbocycles. The molecule has 0 radical (unpaired) electrons. The van der Waals surface area contributed by atoms with Crippen LogP contribution >= 0.6 is 0 Å². The summed E-state index contributed by atoms with van der Waals surface area (Å²) >= 11 is 0. The second-order valence-corrected chi connectivity index (χ2v) is 1.07. The van der Waals surface area contributed by atoms with E-state index >= 15 is 0 Å². The fourth-order valence-electron chi connectivity index (χ4n) is 0. The van der Waals surface area contributed by atoms with Crippen molar-refractivity contribution in [1.29, 1.82) is 0 Å². The van der Waals surface area contributed by atoms with Gasteiger partial charge in [0.05, 0.1) is 0 Å². The highest BCUT2D eigenvalue weighted by Crippen LogP contribution is 1.52. The lowest BCUT2D eigenvalue weighted by Gasteiger charge is -1.93. The van der Waals surface area contributed by atoms with Gasteiger partial charge in [-0.2, -0.15) is 0 Å². The maximum atomic E-state index is 9.43. The van der Waals surface area contributed by atoms with Gasteiger partial charge in [0.1, 0.15) is 0 Å². The molecule has 7 heavy (non-hydrogen) atoms. The van der Waals surface area contributed by atoms with Crippen LogP contribution in [0.4, 0.5) is 0 Å². The van der Waals surface area contributed by atoms with Crippen LogP contribution in [0.15, 0.2) is 0 Å². The molecule has 0 saturated heterocycles. The Balaban J connectivity index is -0.0000000800. The Bertz CT molecular complexity index is 37.2. The van der Waals surface area contributed by atoms with E-state index in [1.54, 1.807) is 14.1 Å². The number of hydrogen-bond donors (Lipinski definition) is 0. The van der Waals surface area contributed by atoms with Crippen LogP contribution < -0.4 is 0 Å². The van der Waals surface area contributed by atoms with Gasteiger partial charge in [-0.15, -0.1) is 0 Å². The molecule has 46 valence electrons. The normalized spacial score (nSPS) is 4.86. The molecule has 4 nitrogen and oxygen atoms in total. The molecule has 0 aliphatic heterocycles. The molecular weight excluding hydrogens is 98.0 g/mol. The smallest absolute Gasteiger partial charge is 0.209 e. The molecule has 0 rings (SSSR count). The van der Waals surface area contributed by atoms with Gasteiger partial charge in [-0.3, -0.25) is 4.79 Å². The maximum absolute atomic E-state index is 9.43. The lowest BCUT2D eigenvalue weighted by Crippen LogP contribution is -2.06. The van der Waals surface area contributed by atoms with Gasteiger partial charge in [0.2, 0.25) is 6.41 Å². The number of nitrogens with zero attached hydrogens (tertiary/aromatic N) is 1. The highest BCUT2D eigenvalue weighted by Gasteiger charge is 1.68. The summed E-state index contributed by atoms with van der Waals surface area (Å²) in [6, 6.07) is 0. The molecule has 0 aromatic heterocycles. The van der Waals surface area contributed by atoms with Crippen LogP contribution in [0.25, 0.3) is 0 Å². The lowest BCUT2D eigenvalue weighted by molar-refractivity contribution is -0.115. The van der Waals surface area contributed by atoms with Gasteiger partial charge in [0.15, 0.2) is 0 Å². The van der Waals surface area contributed by atoms with E-state index in [9.17, 15) is 4.79 Å². The highest BCUT2D eigenvalue weighted by molar-refractivity contribution is 5.45. The molecule has 0 heterocycles. The first kappa shape index (κ1) is 16.2. The van der Waals surface area contributed by atoms with E-state index in [1.807, 2.05) is 0 Å². The van der Waals surface area contributed by atoms with E-state index < -0.39 is 0 Å². The topological polar surface area (TPSA) is 83.3 Å². The predicted molar refractivity (Wildman–Crippen MR) is 27.0 cm³/mol. The Kier molecular flexibility index (Phi) is 20.9. The minimum atomic E-state index is 0. The Morgan fingerprint density at radius 3 is 1.43 bits per heavy atom. The maximum Gasteiger partial charge on any atom is 0.209 e. The van der Waals surface area contributed by atoms with Gasteiger partial charge in [-0.25, -0.2) is 0 Å². The molecular formula is C3H11NO3. The minimum absolute atomic E-state index is 0. The Morgan fingerprint density at radius 1 is 1.29 bits per heavy atom. The highest BCUT2D eigenvalue weighted by atomic mass is 16.1. The molecule has 0 spiro atoms. The summed E-state index contributed by atoms with van der Waals surface area (Å²) in [4.78, 5) is 10.9. The van der Waals surface area contributed by atoms with Crippen molar-refractivity contribution >= 4 is 6.41 Å². The molecule has 0 fully saturated rings. The van der Waals surface area contributed by atoms with Crippen LogP contribution in [-0.2, 0) is 4.79 Å². The number of hydrogen-bond acceptors (Lipinski definition) is 1. The predicted octanol–water partition coefficient (Wildman–Crippen LogP) is -1.95. The molecule has 0 saturated carbocycles. The van der Waals surface area contributed by atoms with Crippen molar-refractivity contribution in [2.75, 3.05) is 14.1 Å². The van der Waals surface area contributed by atoms with Crippen LogP contribution in [0.3, 0.4) is 0 Å². The molecule has 0 aromatic rings. The summed E-state index contributed by atoms with van der Waals surface area (Å²) in [5, 5.41) is 0. The first-order valence-corrected chi connectivity index (χ1v) is 1.39. The van der Waals surface area contributed by atoms with Crippen LogP contribution in [0, 0.1) is 0 Å². The fraction of sp³-hybridized carbons (Fsp3) is 0.667. The monoisotopic (exact) mass is 109 g/mol. The molecule has 0 unspecified atom stereocenters. The Labute approximate surface area is 42.4 Å². The zero-order valence-corrected chi connectivity index (χ0v) is 4.43. The summed E-state index contributed by atoms with van der Waals surface area (Å²) in [7, 11) is 3.38. The van der Waals surface area contributed by atoms with Crippen molar-refractivity contribution in [3.05, 3.63) is 0 Å². The van der Waals surface area contributed by atoms with Crippen molar-refractivity contribution in [3.63, 3.8) is 0 Å². The van der Waals surface area contributed by atoms with Gasteiger partial charge in [-0.1, -0.05) is 0 Å². The van der Waals surface area contributed by atoms with Crippen molar-refractivity contribution in [3.8, 4) is 0 Å². The number of amides is 1. The summed E-state index contributed by atoms with van der Waals surface area (Å²) in [6.45, 7) is 0. The van der Waals surface area contributed by atoms with Crippen LogP contribution in [0.5, 0.6) is 0 Å².